The maximum Gasteiger partial charge on any atom is 0.322 e. The molecule has 1 aliphatic heterocycles. The number of ether oxygens (including phenoxy) is 1. The molecule has 9 nitrogen and oxygen atoms in total. The zero-order chi connectivity index (χ0) is 18.6. The molecular weight excluding hydrogens is 348 g/mol. The SMILES string of the molecule is COCCc1noc([C@@H]2CCCCN2C(=O)Nc2ccc3cn[nH]c3c2)n1. The lowest BCUT2D eigenvalue weighted by molar-refractivity contribution is 0.142. The predicted molar refractivity (Wildman–Crippen MR) is 98.3 cm³/mol. The Kier molecular flexibility index (Phi) is 5.01. The molecule has 3 heterocycles. The van der Waals surface area contributed by atoms with Crippen molar-refractivity contribution in [2.45, 2.75) is 31.7 Å². The van der Waals surface area contributed by atoms with Crippen LogP contribution in [0.5, 0.6) is 0 Å². The first-order valence-corrected chi connectivity index (χ1v) is 9.07. The molecule has 0 spiro atoms. The summed E-state index contributed by atoms with van der Waals surface area (Å²) in [7, 11) is 1.63. The summed E-state index contributed by atoms with van der Waals surface area (Å²) in [5, 5.41) is 14.9. The van der Waals surface area contributed by atoms with Crippen molar-refractivity contribution in [3.63, 3.8) is 0 Å². The molecule has 0 radical (unpaired) electrons. The van der Waals surface area contributed by atoms with Crippen LogP contribution in [-0.4, -0.2) is 51.5 Å². The van der Waals surface area contributed by atoms with Gasteiger partial charge in [0.05, 0.1) is 18.3 Å². The number of carbonyl (C=O) groups is 1. The molecule has 4 rings (SSSR count). The molecule has 1 atom stereocenters. The highest BCUT2D eigenvalue weighted by molar-refractivity contribution is 5.92. The Morgan fingerprint density at radius 2 is 2.37 bits per heavy atom. The molecule has 0 saturated carbocycles. The molecule has 2 N–H and O–H groups in total. The first-order chi connectivity index (χ1) is 13.2. The van der Waals surface area contributed by atoms with E-state index in [2.05, 4.69) is 25.7 Å². The van der Waals surface area contributed by atoms with Crippen molar-refractivity contribution in [1.29, 1.82) is 0 Å². The van der Waals surface area contributed by atoms with Crippen LogP contribution in [0.1, 0.15) is 37.0 Å². The van der Waals surface area contributed by atoms with Crippen LogP contribution >= 0.6 is 0 Å². The smallest absolute Gasteiger partial charge is 0.322 e. The van der Waals surface area contributed by atoms with E-state index in [0.29, 0.717) is 37.0 Å². The lowest BCUT2D eigenvalue weighted by Gasteiger charge is -2.33. The standard InChI is InChI=1S/C18H22N6O3/c1-26-9-7-16-21-17(27-23-16)15-4-2-3-8-24(15)18(25)20-13-6-5-12-11-19-22-14(12)10-13/h5-6,10-11,15H,2-4,7-9H2,1H3,(H,19,22)(H,20,25)/t15-/m0/s1. The van der Waals surface area contributed by atoms with Gasteiger partial charge in [-0.2, -0.15) is 10.1 Å². The Balaban J connectivity index is 1.49. The molecule has 142 valence electrons. The summed E-state index contributed by atoms with van der Waals surface area (Å²) < 4.78 is 10.5. The highest BCUT2D eigenvalue weighted by atomic mass is 16.5. The molecule has 2 amide bonds. The molecule has 3 aromatic rings. The third kappa shape index (κ3) is 3.77. The summed E-state index contributed by atoms with van der Waals surface area (Å²) in [5.41, 5.74) is 1.59. The van der Waals surface area contributed by atoms with E-state index in [-0.39, 0.29) is 12.1 Å². The lowest BCUT2D eigenvalue weighted by Crippen LogP contribution is -2.41. The van der Waals surface area contributed by atoms with Gasteiger partial charge >= 0.3 is 6.03 Å². The second-order valence-electron chi connectivity index (χ2n) is 6.60. The number of hydrogen-bond acceptors (Lipinski definition) is 6. The summed E-state index contributed by atoms with van der Waals surface area (Å²) in [6, 6.07) is 5.27. The molecule has 0 unspecified atom stereocenters. The van der Waals surface area contributed by atoms with Crippen molar-refractivity contribution in [2.24, 2.45) is 0 Å². The van der Waals surface area contributed by atoms with Crippen molar-refractivity contribution in [1.82, 2.24) is 25.2 Å². The number of nitrogens with one attached hydrogen (secondary N) is 2. The fourth-order valence-electron chi connectivity index (χ4n) is 3.34. The minimum absolute atomic E-state index is 0.171. The van der Waals surface area contributed by atoms with Crippen molar-refractivity contribution in [2.75, 3.05) is 25.6 Å². The van der Waals surface area contributed by atoms with Gasteiger partial charge < -0.3 is 19.5 Å². The summed E-state index contributed by atoms with van der Waals surface area (Å²) in [5.74, 6) is 1.09. The van der Waals surface area contributed by atoms with Crippen LogP contribution in [0.15, 0.2) is 28.9 Å². The van der Waals surface area contributed by atoms with Crippen LogP contribution in [0.25, 0.3) is 10.9 Å². The first-order valence-electron chi connectivity index (χ1n) is 9.07. The Labute approximate surface area is 156 Å². The number of fused-ring (bicyclic) bond motifs is 1. The van der Waals surface area contributed by atoms with E-state index in [1.807, 2.05) is 18.2 Å². The molecule has 1 saturated heterocycles. The van der Waals surface area contributed by atoms with Crippen molar-refractivity contribution >= 4 is 22.6 Å². The third-order valence-corrected chi connectivity index (χ3v) is 4.76. The van der Waals surface area contributed by atoms with Gasteiger partial charge in [0, 0.05) is 31.1 Å². The van der Waals surface area contributed by atoms with E-state index in [9.17, 15) is 4.79 Å². The number of nitrogens with zero attached hydrogens (tertiary/aromatic N) is 4. The van der Waals surface area contributed by atoms with Crippen molar-refractivity contribution < 1.29 is 14.1 Å². The molecule has 1 fully saturated rings. The summed E-state index contributed by atoms with van der Waals surface area (Å²) in [6.45, 7) is 1.18. The Hall–Kier alpha value is -2.94. The van der Waals surface area contributed by atoms with Gasteiger partial charge in [-0.1, -0.05) is 5.16 Å². The fourth-order valence-corrected chi connectivity index (χ4v) is 3.34. The molecule has 0 aliphatic carbocycles. The number of carbonyl (C=O) groups excluding carboxylic acids is 1. The number of hydrogen-bond donors (Lipinski definition) is 2. The van der Waals surface area contributed by atoms with Gasteiger partial charge in [-0.15, -0.1) is 0 Å². The second-order valence-corrected chi connectivity index (χ2v) is 6.60. The normalized spacial score (nSPS) is 17.4. The summed E-state index contributed by atoms with van der Waals surface area (Å²) >= 11 is 0. The highest BCUT2D eigenvalue weighted by Gasteiger charge is 2.32. The van der Waals surface area contributed by atoms with Gasteiger partial charge in [0.2, 0.25) is 5.89 Å². The summed E-state index contributed by atoms with van der Waals surface area (Å²) in [4.78, 5) is 19.1. The summed E-state index contributed by atoms with van der Waals surface area (Å²) in [6.07, 6.45) is 5.11. The van der Waals surface area contributed by atoms with E-state index in [1.54, 1.807) is 18.2 Å². The topological polar surface area (TPSA) is 109 Å². The maximum atomic E-state index is 12.9. The number of likely N-dealkylation sites (tertiary alicyclic amines) is 1. The van der Waals surface area contributed by atoms with Crippen LogP contribution in [-0.2, 0) is 11.2 Å². The van der Waals surface area contributed by atoms with Gasteiger partial charge in [0.1, 0.15) is 6.04 Å². The Morgan fingerprint density at radius 3 is 3.26 bits per heavy atom. The number of benzene rings is 1. The number of aromatic amines is 1. The van der Waals surface area contributed by atoms with E-state index in [4.69, 9.17) is 9.26 Å². The van der Waals surface area contributed by atoms with Crippen LogP contribution in [0.3, 0.4) is 0 Å². The molecule has 1 aliphatic rings. The number of aromatic nitrogens is 4. The minimum atomic E-state index is -0.210. The van der Waals surface area contributed by atoms with Gasteiger partial charge in [0.25, 0.3) is 0 Å². The van der Waals surface area contributed by atoms with E-state index in [1.165, 1.54) is 0 Å². The van der Waals surface area contributed by atoms with Crippen LogP contribution in [0.4, 0.5) is 10.5 Å². The van der Waals surface area contributed by atoms with Gasteiger partial charge in [-0.3, -0.25) is 5.10 Å². The molecule has 27 heavy (non-hydrogen) atoms. The van der Waals surface area contributed by atoms with E-state index >= 15 is 0 Å². The van der Waals surface area contributed by atoms with Gasteiger partial charge in [-0.05, 0) is 37.5 Å². The number of piperidine rings is 1. The van der Waals surface area contributed by atoms with Crippen LogP contribution in [0, 0.1) is 0 Å². The van der Waals surface area contributed by atoms with Gasteiger partial charge in [0.15, 0.2) is 5.82 Å². The Morgan fingerprint density at radius 1 is 1.44 bits per heavy atom. The zero-order valence-corrected chi connectivity index (χ0v) is 15.1. The number of methoxy groups -OCH3 is 1. The molecule has 2 aromatic heterocycles. The number of amides is 2. The van der Waals surface area contributed by atoms with Gasteiger partial charge in [-0.25, -0.2) is 4.79 Å². The zero-order valence-electron chi connectivity index (χ0n) is 15.1. The monoisotopic (exact) mass is 370 g/mol. The quantitative estimate of drug-likeness (QED) is 0.715. The minimum Gasteiger partial charge on any atom is -0.384 e. The maximum absolute atomic E-state index is 12.9. The van der Waals surface area contributed by atoms with Crippen LogP contribution in [0.2, 0.25) is 0 Å². The third-order valence-electron chi connectivity index (χ3n) is 4.76. The van der Waals surface area contributed by atoms with Crippen molar-refractivity contribution in [3.8, 4) is 0 Å². The van der Waals surface area contributed by atoms with Crippen LogP contribution < -0.4 is 5.32 Å². The first kappa shape index (κ1) is 17.5. The number of H-pyrrole nitrogens is 1. The largest absolute Gasteiger partial charge is 0.384 e. The molecule has 1 aromatic carbocycles. The highest BCUT2D eigenvalue weighted by Crippen LogP contribution is 2.30. The fraction of sp³-hybridized carbons (Fsp3) is 0.444. The second kappa shape index (κ2) is 7.75. The number of urea groups is 1. The average molecular weight is 370 g/mol. The number of rotatable bonds is 5. The molecular formula is C18H22N6O3. The predicted octanol–water partition coefficient (Wildman–Crippen LogP) is 2.89. The Bertz CT molecular complexity index is 921. The lowest BCUT2D eigenvalue weighted by atomic mass is 10.0. The van der Waals surface area contributed by atoms with E-state index < -0.39 is 0 Å². The molecule has 9 heteroatoms. The van der Waals surface area contributed by atoms with Crippen molar-refractivity contribution in [3.05, 3.63) is 36.1 Å². The van der Waals surface area contributed by atoms with E-state index in [0.717, 1.165) is 30.2 Å². The average Bonchev–Trinajstić information content (AvgIpc) is 3.35. The molecule has 0 bridgehead atoms. The number of anilines is 1.